The molecular weight excluding hydrogens is 942 g/mol. The van der Waals surface area contributed by atoms with Gasteiger partial charge < -0.3 is 23.7 Å². The van der Waals surface area contributed by atoms with Crippen molar-refractivity contribution in [3.05, 3.63) is 193 Å². The minimum absolute atomic E-state index is 0. The van der Waals surface area contributed by atoms with E-state index >= 15 is 0 Å². The van der Waals surface area contributed by atoms with E-state index in [2.05, 4.69) is 213 Å². The molecule has 6 nitrogen and oxygen atoms in total. The first-order chi connectivity index (χ1) is 29.6. The molecule has 0 fully saturated rings. The Hall–Kier alpha value is -6.62. The number of hydrogen-bond acceptors (Lipinski definition) is 4. The molecule has 0 saturated heterocycles. The van der Waals surface area contributed by atoms with Crippen LogP contribution in [0.1, 0.15) is 43.0 Å². The fraction of sp³-hybridized carbons (Fsp3) is 0.127. The number of benzene rings is 7. The van der Waals surface area contributed by atoms with Gasteiger partial charge in [0, 0.05) is 72.5 Å². The molecule has 3 aromatic heterocycles. The number of para-hydroxylation sites is 5. The molecule has 1 aliphatic rings. The number of pyridine rings is 1. The summed E-state index contributed by atoms with van der Waals surface area (Å²) in [5.74, 6) is 2.05. The van der Waals surface area contributed by atoms with Gasteiger partial charge in [0.15, 0.2) is 0 Å². The monoisotopic (exact) mass is 985 g/mol. The molecule has 0 N–H and O–H groups in total. The molecule has 10 aromatic rings. The van der Waals surface area contributed by atoms with Crippen LogP contribution in [0.4, 0.5) is 22.7 Å². The Morgan fingerprint density at radius 3 is 1.95 bits per heavy atom. The Kier molecular flexibility index (Phi) is 9.61. The number of nitrogens with zero attached hydrogens (tertiary/aromatic N) is 5. The molecule has 0 radical (unpaired) electrons. The van der Waals surface area contributed by atoms with Crippen LogP contribution in [0, 0.1) is 39.6 Å². The molecule has 4 heterocycles. The number of rotatable bonds is 6. The largest absolute Gasteiger partial charge is 0.508 e. The average Bonchev–Trinajstić information content (AvgIpc) is 3.92. The second-order valence-electron chi connectivity index (χ2n) is 17.2. The van der Waals surface area contributed by atoms with Gasteiger partial charge in [-0.05, 0) is 108 Å². The first kappa shape index (κ1) is 39.5. The van der Waals surface area contributed by atoms with E-state index in [-0.39, 0.29) is 26.5 Å². The maximum Gasteiger partial charge on any atom is 0.135 e. The van der Waals surface area contributed by atoms with Crippen molar-refractivity contribution in [2.45, 2.75) is 47.0 Å². The van der Waals surface area contributed by atoms with Gasteiger partial charge in [0.25, 0.3) is 0 Å². The molecule has 11 rings (SSSR count). The van der Waals surface area contributed by atoms with Crippen molar-refractivity contribution in [1.82, 2.24) is 14.1 Å². The van der Waals surface area contributed by atoms with E-state index in [0.717, 1.165) is 72.2 Å². The maximum absolute atomic E-state index is 7.16. The Morgan fingerprint density at radius 1 is 0.613 bits per heavy atom. The summed E-state index contributed by atoms with van der Waals surface area (Å²) in [6.45, 7) is 15.4. The van der Waals surface area contributed by atoms with Gasteiger partial charge in [0.05, 0.1) is 0 Å². The SMILES string of the molecule is Cc1cc(C)c(N2[CH-]N(c3[c-]c(Oc4[c-]c5c(c6ccccc6n5-c5cc(C(C)(C)C)ccn5)c5c4c4ccccc4n5-c4ccccc4)ccc3)c3ccccc32)c(C)c1.[Pt]. The Balaban J connectivity index is 0.00000458. The van der Waals surface area contributed by atoms with Crippen LogP contribution in [0.5, 0.6) is 11.5 Å². The minimum Gasteiger partial charge on any atom is -0.508 e. The topological polar surface area (TPSA) is 38.5 Å². The summed E-state index contributed by atoms with van der Waals surface area (Å²) in [6.07, 6.45) is 1.92. The molecule has 0 aliphatic carbocycles. The molecule has 0 saturated carbocycles. The number of hydrogen-bond donors (Lipinski definition) is 0. The Labute approximate surface area is 376 Å². The zero-order valence-corrected chi connectivity index (χ0v) is 37.7. The van der Waals surface area contributed by atoms with Crippen molar-refractivity contribution in [2.75, 3.05) is 9.80 Å². The molecule has 62 heavy (non-hydrogen) atoms. The molecule has 7 aromatic carbocycles. The van der Waals surface area contributed by atoms with Crippen molar-refractivity contribution in [3.8, 4) is 23.0 Å². The Bertz CT molecular complexity index is 3330. The number of aromatic nitrogens is 3. The number of ether oxygens (including phenoxy) is 1. The zero-order valence-electron chi connectivity index (χ0n) is 35.5. The molecule has 7 heteroatoms. The van der Waals surface area contributed by atoms with Gasteiger partial charge in [0.1, 0.15) is 5.82 Å². The third-order valence-electron chi connectivity index (χ3n) is 12.0. The zero-order chi connectivity index (χ0) is 41.6. The first-order valence-electron chi connectivity index (χ1n) is 20.9. The van der Waals surface area contributed by atoms with Gasteiger partial charge in [-0.1, -0.05) is 121 Å². The maximum atomic E-state index is 7.16. The van der Waals surface area contributed by atoms with E-state index in [4.69, 9.17) is 9.72 Å². The standard InChI is InChI=1S/C55H44N5O.Pt/c1-35-29-36(2)53(37(3)30-35)58-34-57(46-25-14-15-26-47(46)58)40-19-16-20-41(32-40)61-49-33-48-51(54-52(49)43-22-11-12-23-44(43)59(54)39-17-8-7-9-18-39)42-21-10-13-24-45(42)60(48)50-31-38(27-28-56-50)55(4,5)6;/h7-31,34H,1-6H3;/q-3;. The van der Waals surface area contributed by atoms with Gasteiger partial charge >= 0.3 is 0 Å². The number of anilines is 4. The summed E-state index contributed by atoms with van der Waals surface area (Å²) in [5, 5.41) is 4.27. The van der Waals surface area contributed by atoms with Crippen LogP contribution in [0.25, 0.3) is 55.1 Å². The van der Waals surface area contributed by atoms with Crippen molar-refractivity contribution in [3.63, 3.8) is 0 Å². The normalized spacial score (nSPS) is 12.7. The van der Waals surface area contributed by atoms with Crippen molar-refractivity contribution in [1.29, 1.82) is 0 Å². The minimum atomic E-state index is -0.0651. The van der Waals surface area contributed by atoms with Crippen LogP contribution < -0.4 is 14.5 Å². The molecule has 0 amide bonds. The van der Waals surface area contributed by atoms with Crippen LogP contribution in [0.3, 0.4) is 0 Å². The molecule has 0 spiro atoms. The van der Waals surface area contributed by atoms with Crippen molar-refractivity contribution >= 4 is 66.4 Å². The van der Waals surface area contributed by atoms with E-state index < -0.39 is 0 Å². The van der Waals surface area contributed by atoms with E-state index in [1.54, 1.807) is 0 Å². The molecule has 1 aliphatic heterocycles. The van der Waals surface area contributed by atoms with Gasteiger partial charge in [-0.25, -0.2) is 4.98 Å². The van der Waals surface area contributed by atoms with Gasteiger partial charge in [-0.3, -0.25) is 0 Å². The summed E-state index contributed by atoms with van der Waals surface area (Å²) >= 11 is 0. The van der Waals surface area contributed by atoms with Crippen LogP contribution in [0.2, 0.25) is 0 Å². The second-order valence-corrected chi connectivity index (χ2v) is 17.2. The van der Waals surface area contributed by atoms with Crippen molar-refractivity contribution < 1.29 is 25.8 Å². The van der Waals surface area contributed by atoms with E-state index in [0.29, 0.717) is 11.5 Å². The van der Waals surface area contributed by atoms with Gasteiger partial charge in [0.2, 0.25) is 0 Å². The second kappa shape index (κ2) is 15.1. The molecule has 0 unspecified atom stereocenters. The fourth-order valence-electron chi connectivity index (χ4n) is 9.42. The first-order valence-corrected chi connectivity index (χ1v) is 20.9. The molecular formula is C55H44N5OPt-3. The van der Waals surface area contributed by atoms with Crippen LogP contribution in [-0.2, 0) is 26.5 Å². The van der Waals surface area contributed by atoms with Crippen molar-refractivity contribution in [2.24, 2.45) is 0 Å². The van der Waals surface area contributed by atoms with E-state index in [1.165, 1.54) is 27.9 Å². The predicted molar refractivity (Wildman–Crippen MR) is 251 cm³/mol. The van der Waals surface area contributed by atoms with Crippen LogP contribution in [-0.4, -0.2) is 14.1 Å². The van der Waals surface area contributed by atoms with Gasteiger partial charge in [-0.15, -0.1) is 36.6 Å². The number of aryl methyl sites for hydroxylation is 3. The van der Waals surface area contributed by atoms with Crippen LogP contribution >= 0.6 is 0 Å². The average molecular weight is 986 g/mol. The fourth-order valence-corrected chi connectivity index (χ4v) is 9.42. The van der Waals surface area contributed by atoms with E-state index in [9.17, 15) is 0 Å². The summed E-state index contributed by atoms with van der Waals surface area (Å²) in [6, 6.07) is 58.9. The molecule has 0 bridgehead atoms. The summed E-state index contributed by atoms with van der Waals surface area (Å²) < 4.78 is 11.8. The van der Waals surface area contributed by atoms with E-state index in [1.807, 2.05) is 18.3 Å². The molecule has 308 valence electrons. The Morgan fingerprint density at radius 2 is 1.24 bits per heavy atom. The third kappa shape index (κ3) is 6.31. The summed E-state index contributed by atoms with van der Waals surface area (Å²) in [7, 11) is 0. The van der Waals surface area contributed by atoms with Gasteiger partial charge in [-0.2, -0.15) is 6.07 Å². The molecule has 0 atom stereocenters. The summed E-state index contributed by atoms with van der Waals surface area (Å²) in [5.41, 5.74) is 14.2. The third-order valence-corrected chi connectivity index (χ3v) is 12.0. The smallest absolute Gasteiger partial charge is 0.135 e. The number of fused-ring (bicyclic) bond motifs is 8. The quantitative estimate of drug-likeness (QED) is 0.156. The predicted octanol–water partition coefficient (Wildman–Crippen LogP) is 14.3. The summed E-state index contributed by atoms with van der Waals surface area (Å²) in [4.78, 5) is 9.51. The van der Waals surface area contributed by atoms with Crippen LogP contribution in [0.15, 0.2) is 152 Å².